The standard InChI is InChI=1S/C14H24N4O2S/c1-20-12(8-15)7-13(19)17-14-16-11(10-21-14)9-18-5-3-2-4-6-18/h10,12H,2-9,15H2,1H3,(H,16,17,19). The maximum Gasteiger partial charge on any atom is 0.228 e. The molecule has 1 aliphatic heterocycles. The topological polar surface area (TPSA) is 80.5 Å². The van der Waals surface area contributed by atoms with Gasteiger partial charge in [0.1, 0.15) is 0 Å². The summed E-state index contributed by atoms with van der Waals surface area (Å²) < 4.78 is 5.10. The number of methoxy groups -OCH3 is 1. The first-order chi connectivity index (χ1) is 10.2. The van der Waals surface area contributed by atoms with Crippen LogP contribution in [0.15, 0.2) is 5.38 Å². The molecule has 0 aliphatic carbocycles. The van der Waals surface area contributed by atoms with Crippen LogP contribution in [0.2, 0.25) is 0 Å². The Hall–Kier alpha value is -1.02. The zero-order chi connectivity index (χ0) is 15.1. The van der Waals surface area contributed by atoms with Gasteiger partial charge in [0, 0.05) is 25.6 Å². The molecule has 1 aromatic rings. The van der Waals surface area contributed by atoms with Gasteiger partial charge in [-0.2, -0.15) is 0 Å². The number of nitrogens with one attached hydrogen (secondary N) is 1. The number of nitrogens with zero attached hydrogens (tertiary/aromatic N) is 2. The van der Waals surface area contributed by atoms with Crippen LogP contribution in [-0.4, -0.2) is 48.6 Å². The third kappa shape index (κ3) is 5.35. The normalized spacial score (nSPS) is 17.6. The number of piperidine rings is 1. The van der Waals surface area contributed by atoms with Crippen LogP contribution in [-0.2, 0) is 16.1 Å². The molecule has 3 N–H and O–H groups in total. The molecule has 1 aromatic heterocycles. The number of amides is 1. The summed E-state index contributed by atoms with van der Waals surface area (Å²) >= 11 is 1.47. The predicted octanol–water partition coefficient (Wildman–Crippen LogP) is 1.43. The lowest BCUT2D eigenvalue weighted by Gasteiger charge is -2.25. The summed E-state index contributed by atoms with van der Waals surface area (Å²) in [5, 5.41) is 5.48. The number of rotatable bonds is 7. The van der Waals surface area contributed by atoms with E-state index in [-0.39, 0.29) is 18.4 Å². The first kappa shape index (κ1) is 16.4. The Morgan fingerprint density at radius 3 is 2.95 bits per heavy atom. The minimum absolute atomic E-state index is 0.105. The van der Waals surface area contributed by atoms with Gasteiger partial charge in [-0.15, -0.1) is 11.3 Å². The van der Waals surface area contributed by atoms with E-state index < -0.39 is 0 Å². The summed E-state index contributed by atoms with van der Waals surface area (Å²) in [5.74, 6) is -0.105. The van der Waals surface area contributed by atoms with Crippen molar-refractivity contribution >= 4 is 22.4 Å². The van der Waals surface area contributed by atoms with Crippen LogP contribution < -0.4 is 11.1 Å². The van der Waals surface area contributed by atoms with Crippen LogP contribution in [0.25, 0.3) is 0 Å². The molecule has 2 heterocycles. The highest BCUT2D eigenvalue weighted by atomic mass is 32.1. The maximum absolute atomic E-state index is 11.8. The summed E-state index contributed by atoms with van der Waals surface area (Å²) in [6.45, 7) is 3.49. The molecule has 21 heavy (non-hydrogen) atoms. The van der Waals surface area contributed by atoms with Crippen molar-refractivity contribution in [2.24, 2.45) is 5.73 Å². The number of thiazole rings is 1. The van der Waals surface area contributed by atoms with Crippen molar-refractivity contribution < 1.29 is 9.53 Å². The Balaban J connectivity index is 1.80. The highest BCUT2D eigenvalue weighted by Gasteiger charge is 2.15. The summed E-state index contributed by atoms with van der Waals surface area (Å²) in [6, 6.07) is 0. The average Bonchev–Trinajstić information content (AvgIpc) is 2.92. The zero-order valence-corrected chi connectivity index (χ0v) is 13.3. The van der Waals surface area contributed by atoms with Gasteiger partial charge in [-0.25, -0.2) is 4.98 Å². The van der Waals surface area contributed by atoms with Crippen LogP contribution in [0.4, 0.5) is 5.13 Å². The average molecular weight is 312 g/mol. The number of carbonyl (C=O) groups excluding carboxylic acids is 1. The van der Waals surface area contributed by atoms with Crippen LogP contribution in [0.1, 0.15) is 31.4 Å². The van der Waals surface area contributed by atoms with Gasteiger partial charge in [-0.05, 0) is 25.9 Å². The molecular formula is C14H24N4O2S. The van der Waals surface area contributed by atoms with Gasteiger partial charge in [0.25, 0.3) is 0 Å². The second-order valence-corrected chi connectivity index (χ2v) is 6.18. The Labute approximate surface area is 129 Å². The fourth-order valence-electron chi connectivity index (χ4n) is 2.42. The third-order valence-electron chi connectivity index (χ3n) is 3.64. The number of nitrogens with two attached hydrogens (primary N) is 1. The van der Waals surface area contributed by atoms with Crippen LogP contribution in [0, 0.1) is 0 Å². The molecule has 1 aliphatic rings. The molecule has 6 nitrogen and oxygen atoms in total. The third-order valence-corrected chi connectivity index (χ3v) is 4.45. The highest BCUT2D eigenvalue weighted by molar-refractivity contribution is 7.13. The smallest absolute Gasteiger partial charge is 0.228 e. The first-order valence-electron chi connectivity index (χ1n) is 7.40. The molecule has 1 atom stereocenters. The van der Waals surface area contributed by atoms with Crippen LogP contribution in [0.3, 0.4) is 0 Å². The van der Waals surface area contributed by atoms with Gasteiger partial charge in [0.15, 0.2) is 5.13 Å². The summed E-state index contributed by atoms with van der Waals surface area (Å²) in [4.78, 5) is 18.7. The highest BCUT2D eigenvalue weighted by Crippen LogP contribution is 2.19. The second kappa shape index (κ2) is 8.43. The Bertz CT molecular complexity index is 442. The van der Waals surface area contributed by atoms with E-state index in [4.69, 9.17) is 10.5 Å². The summed E-state index contributed by atoms with van der Waals surface area (Å²) in [6.07, 6.45) is 3.89. The molecule has 1 amide bonds. The number of aromatic nitrogens is 1. The van der Waals surface area contributed by atoms with Crippen molar-refractivity contribution in [1.82, 2.24) is 9.88 Å². The van der Waals surface area contributed by atoms with Crippen molar-refractivity contribution in [3.05, 3.63) is 11.1 Å². The monoisotopic (exact) mass is 312 g/mol. The SMILES string of the molecule is COC(CN)CC(=O)Nc1nc(CN2CCCCC2)cs1. The van der Waals surface area contributed by atoms with Gasteiger partial charge < -0.3 is 15.8 Å². The number of anilines is 1. The number of hydrogen-bond acceptors (Lipinski definition) is 6. The lowest BCUT2D eigenvalue weighted by atomic mass is 10.1. The molecule has 1 unspecified atom stereocenters. The first-order valence-corrected chi connectivity index (χ1v) is 8.28. The van der Waals surface area contributed by atoms with E-state index in [9.17, 15) is 4.79 Å². The molecule has 0 saturated carbocycles. The van der Waals surface area contributed by atoms with Gasteiger partial charge in [0.05, 0.1) is 18.2 Å². The van der Waals surface area contributed by atoms with Crippen molar-refractivity contribution in [2.75, 3.05) is 32.1 Å². The molecule has 0 bridgehead atoms. The van der Waals surface area contributed by atoms with Crippen molar-refractivity contribution in [3.63, 3.8) is 0 Å². The number of likely N-dealkylation sites (tertiary alicyclic amines) is 1. The molecule has 0 radical (unpaired) electrons. The Kier molecular flexibility index (Phi) is 6.56. The van der Waals surface area contributed by atoms with E-state index in [0.29, 0.717) is 11.7 Å². The second-order valence-electron chi connectivity index (χ2n) is 5.33. The van der Waals surface area contributed by atoms with E-state index in [1.165, 1.54) is 30.6 Å². The van der Waals surface area contributed by atoms with Gasteiger partial charge >= 0.3 is 0 Å². The zero-order valence-electron chi connectivity index (χ0n) is 12.5. The molecule has 0 aromatic carbocycles. The quantitative estimate of drug-likeness (QED) is 0.796. The van der Waals surface area contributed by atoms with Gasteiger partial charge in [-0.3, -0.25) is 9.69 Å². The van der Waals surface area contributed by atoms with E-state index >= 15 is 0 Å². The van der Waals surface area contributed by atoms with E-state index in [1.807, 2.05) is 5.38 Å². The molecule has 1 fully saturated rings. The van der Waals surface area contributed by atoms with Crippen molar-refractivity contribution in [1.29, 1.82) is 0 Å². The minimum Gasteiger partial charge on any atom is -0.380 e. The molecule has 2 rings (SSSR count). The van der Waals surface area contributed by atoms with Gasteiger partial charge in [0.2, 0.25) is 5.91 Å². The lowest BCUT2D eigenvalue weighted by molar-refractivity contribution is -0.118. The Morgan fingerprint density at radius 1 is 1.52 bits per heavy atom. The number of hydrogen-bond donors (Lipinski definition) is 2. The number of ether oxygens (including phenoxy) is 1. The van der Waals surface area contributed by atoms with Gasteiger partial charge in [-0.1, -0.05) is 6.42 Å². The summed E-state index contributed by atoms with van der Waals surface area (Å²) in [7, 11) is 1.56. The lowest BCUT2D eigenvalue weighted by Crippen LogP contribution is -2.29. The molecule has 118 valence electrons. The maximum atomic E-state index is 11.8. The Morgan fingerprint density at radius 2 is 2.29 bits per heavy atom. The summed E-state index contributed by atoms with van der Waals surface area (Å²) in [5.41, 5.74) is 6.54. The number of carbonyl (C=O) groups is 1. The molecular weight excluding hydrogens is 288 g/mol. The van der Waals surface area contributed by atoms with Crippen molar-refractivity contribution in [2.45, 2.75) is 38.3 Å². The minimum atomic E-state index is -0.238. The predicted molar refractivity (Wildman–Crippen MR) is 84.3 cm³/mol. The van der Waals surface area contributed by atoms with Crippen LogP contribution in [0.5, 0.6) is 0 Å². The van der Waals surface area contributed by atoms with Crippen molar-refractivity contribution in [3.8, 4) is 0 Å². The fourth-order valence-corrected chi connectivity index (χ4v) is 3.14. The van der Waals surface area contributed by atoms with Crippen LogP contribution >= 0.6 is 11.3 Å². The van der Waals surface area contributed by atoms with E-state index in [0.717, 1.165) is 25.3 Å². The molecule has 0 spiro atoms. The molecule has 7 heteroatoms. The van der Waals surface area contributed by atoms with E-state index in [2.05, 4.69) is 15.2 Å². The molecule has 1 saturated heterocycles. The van der Waals surface area contributed by atoms with E-state index in [1.54, 1.807) is 7.11 Å². The fraction of sp³-hybridized carbons (Fsp3) is 0.714. The largest absolute Gasteiger partial charge is 0.380 e.